The lowest BCUT2D eigenvalue weighted by atomic mass is 10.2. The van der Waals surface area contributed by atoms with Gasteiger partial charge >= 0.3 is 0 Å². The Labute approximate surface area is 99.4 Å². The van der Waals surface area contributed by atoms with Gasteiger partial charge in [0.2, 0.25) is 0 Å². The predicted molar refractivity (Wildman–Crippen MR) is 61.4 cm³/mol. The molecule has 0 amide bonds. The molecule has 0 saturated carbocycles. The van der Waals surface area contributed by atoms with Gasteiger partial charge in [-0.25, -0.2) is 0 Å². The number of ether oxygens (including phenoxy) is 1. The van der Waals surface area contributed by atoms with Crippen LogP contribution in [0.5, 0.6) is 5.75 Å². The molecule has 1 atom stereocenters. The number of hydrogen-bond acceptors (Lipinski definition) is 4. The Hall–Kier alpha value is -2.28. The van der Waals surface area contributed by atoms with Crippen molar-refractivity contribution in [2.24, 2.45) is 0 Å². The van der Waals surface area contributed by atoms with Crippen LogP contribution in [0.4, 0.5) is 0 Å². The Balaban J connectivity index is 2.08. The monoisotopic (exact) mass is 228 g/mol. The van der Waals surface area contributed by atoms with Crippen LogP contribution < -0.4 is 4.74 Å². The van der Waals surface area contributed by atoms with Crippen molar-refractivity contribution in [2.75, 3.05) is 0 Å². The summed E-state index contributed by atoms with van der Waals surface area (Å²) in [4.78, 5) is 0. The Kier molecular flexibility index (Phi) is 3.10. The summed E-state index contributed by atoms with van der Waals surface area (Å²) in [5, 5.41) is 12.5. The molecule has 2 rings (SSSR count). The summed E-state index contributed by atoms with van der Waals surface area (Å²) in [5.74, 6) is 1.39. The number of aromatic nitrogens is 1. The van der Waals surface area contributed by atoms with Crippen molar-refractivity contribution in [3.63, 3.8) is 0 Å². The van der Waals surface area contributed by atoms with Gasteiger partial charge in [0.25, 0.3) is 0 Å². The molecule has 0 spiro atoms. The Morgan fingerprint density at radius 1 is 1.35 bits per heavy atom. The van der Waals surface area contributed by atoms with E-state index in [2.05, 4.69) is 11.2 Å². The molecule has 86 valence electrons. The molecule has 2 aromatic rings. The first-order valence-electron chi connectivity index (χ1n) is 5.29. The van der Waals surface area contributed by atoms with Crippen molar-refractivity contribution in [3.8, 4) is 11.8 Å². The molecule has 0 N–H and O–H groups in total. The van der Waals surface area contributed by atoms with E-state index >= 15 is 0 Å². The molecule has 0 aliphatic carbocycles. The first-order valence-corrected chi connectivity index (χ1v) is 5.29. The lowest BCUT2D eigenvalue weighted by Crippen LogP contribution is -2.01. The van der Waals surface area contributed by atoms with Crippen molar-refractivity contribution in [2.45, 2.75) is 20.0 Å². The van der Waals surface area contributed by atoms with Crippen molar-refractivity contribution >= 4 is 0 Å². The molecule has 0 fully saturated rings. The van der Waals surface area contributed by atoms with Gasteiger partial charge < -0.3 is 9.26 Å². The van der Waals surface area contributed by atoms with Crippen molar-refractivity contribution < 1.29 is 9.26 Å². The molecule has 0 saturated heterocycles. The number of hydrogen-bond donors (Lipinski definition) is 0. The van der Waals surface area contributed by atoms with Gasteiger partial charge in [0, 0.05) is 6.07 Å². The minimum Gasteiger partial charge on any atom is -0.483 e. The van der Waals surface area contributed by atoms with E-state index < -0.39 is 0 Å². The second-order valence-electron chi connectivity index (χ2n) is 3.77. The number of benzene rings is 1. The molecule has 1 unspecified atom stereocenters. The fraction of sp³-hybridized carbons (Fsp3) is 0.231. The van der Waals surface area contributed by atoms with E-state index in [9.17, 15) is 0 Å². The number of nitriles is 1. The first-order chi connectivity index (χ1) is 8.19. The summed E-state index contributed by atoms with van der Waals surface area (Å²) in [7, 11) is 0. The molecule has 4 nitrogen and oxygen atoms in total. The Morgan fingerprint density at radius 2 is 2.06 bits per heavy atom. The normalized spacial score (nSPS) is 11.8. The van der Waals surface area contributed by atoms with E-state index in [1.54, 1.807) is 24.3 Å². The highest BCUT2D eigenvalue weighted by Gasteiger charge is 2.12. The van der Waals surface area contributed by atoms with Gasteiger partial charge in [-0.15, -0.1) is 0 Å². The summed E-state index contributed by atoms with van der Waals surface area (Å²) in [6.07, 6.45) is -0.205. The fourth-order valence-corrected chi connectivity index (χ4v) is 1.45. The average Bonchev–Trinajstić information content (AvgIpc) is 2.77. The van der Waals surface area contributed by atoms with E-state index in [-0.39, 0.29) is 6.10 Å². The van der Waals surface area contributed by atoms with E-state index in [4.69, 9.17) is 14.5 Å². The predicted octanol–water partition coefficient (Wildman–Crippen LogP) is 2.99. The van der Waals surface area contributed by atoms with Crippen LogP contribution in [-0.4, -0.2) is 5.16 Å². The Bertz CT molecular complexity index is 537. The maximum absolute atomic E-state index is 8.68. The van der Waals surface area contributed by atoms with Crippen LogP contribution in [0.25, 0.3) is 0 Å². The summed E-state index contributed by atoms with van der Waals surface area (Å²) < 4.78 is 10.8. The summed E-state index contributed by atoms with van der Waals surface area (Å²) in [5.41, 5.74) is 1.44. The van der Waals surface area contributed by atoms with Crippen LogP contribution in [0.2, 0.25) is 0 Å². The van der Waals surface area contributed by atoms with E-state index in [1.807, 2.05) is 19.9 Å². The maximum atomic E-state index is 8.68. The third kappa shape index (κ3) is 2.64. The topological polar surface area (TPSA) is 59.0 Å². The van der Waals surface area contributed by atoms with Crippen LogP contribution in [-0.2, 0) is 0 Å². The van der Waals surface area contributed by atoms with Gasteiger partial charge in [0.05, 0.1) is 17.3 Å². The largest absolute Gasteiger partial charge is 0.483 e. The Morgan fingerprint density at radius 3 is 2.59 bits per heavy atom. The summed E-state index contributed by atoms with van der Waals surface area (Å²) in [6.45, 7) is 3.75. The molecular weight excluding hydrogens is 216 g/mol. The molecule has 0 bridgehead atoms. The third-order valence-corrected chi connectivity index (χ3v) is 2.34. The van der Waals surface area contributed by atoms with Gasteiger partial charge in [-0.05, 0) is 38.1 Å². The highest BCUT2D eigenvalue weighted by molar-refractivity contribution is 5.34. The molecular formula is C13H12N2O2. The highest BCUT2D eigenvalue weighted by atomic mass is 16.5. The SMILES string of the molecule is Cc1cc(C(C)Oc2ccc(C#N)cc2)on1. The fourth-order valence-electron chi connectivity index (χ4n) is 1.45. The minimum atomic E-state index is -0.205. The number of aryl methyl sites for hydroxylation is 1. The van der Waals surface area contributed by atoms with E-state index in [0.717, 1.165) is 5.69 Å². The summed E-state index contributed by atoms with van der Waals surface area (Å²) >= 11 is 0. The number of nitrogens with zero attached hydrogens (tertiary/aromatic N) is 2. The molecule has 1 aromatic heterocycles. The zero-order valence-electron chi connectivity index (χ0n) is 9.68. The molecule has 17 heavy (non-hydrogen) atoms. The van der Waals surface area contributed by atoms with Gasteiger partial charge in [0.1, 0.15) is 5.75 Å². The second-order valence-corrected chi connectivity index (χ2v) is 3.77. The first kappa shape index (κ1) is 11.2. The lowest BCUT2D eigenvalue weighted by Gasteiger charge is -2.11. The molecule has 1 heterocycles. The maximum Gasteiger partial charge on any atom is 0.177 e. The van der Waals surface area contributed by atoms with Crippen LogP contribution in [0.3, 0.4) is 0 Å². The molecule has 1 aromatic carbocycles. The van der Waals surface area contributed by atoms with Crippen LogP contribution in [0, 0.1) is 18.3 Å². The van der Waals surface area contributed by atoms with Gasteiger partial charge in [-0.1, -0.05) is 5.16 Å². The smallest absolute Gasteiger partial charge is 0.177 e. The highest BCUT2D eigenvalue weighted by Crippen LogP contribution is 2.22. The van der Waals surface area contributed by atoms with Crippen molar-refractivity contribution in [1.29, 1.82) is 5.26 Å². The average molecular weight is 228 g/mol. The van der Waals surface area contributed by atoms with Crippen molar-refractivity contribution in [1.82, 2.24) is 5.16 Å². The van der Waals surface area contributed by atoms with E-state index in [1.165, 1.54) is 0 Å². The molecule has 4 heteroatoms. The second kappa shape index (κ2) is 4.71. The molecule has 0 aliphatic rings. The number of rotatable bonds is 3. The van der Waals surface area contributed by atoms with Crippen LogP contribution in [0.15, 0.2) is 34.9 Å². The summed E-state index contributed by atoms with van der Waals surface area (Å²) in [6, 6.07) is 10.9. The van der Waals surface area contributed by atoms with Gasteiger partial charge in [-0.2, -0.15) is 5.26 Å². The molecule has 0 aliphatic heterocycles. The minimum absolute atomic E-state index is 0.205. The van der Waals surface area contributed by atoms with Gasteiger partial charge in [0.15, 0.2) is 11.9 Å². The quantitative estimate of drug-likeness (QED) is 0.810. The van der Waals surface area contributed by atoms with Crippen molar-refractivity contribution in [3.05, 3.63) is 47.3 Å². The van der Waals surface area contributed by atoms with Gasteiger partial charge in [-0.3, -0.25) is 0 Å². The van der Waals surface area contributed by atoms with Crippen LogP contribution >= 0.6 is 0 Å². The van der Waals surface area contributed by atoms with Crippen LogP contribution in [0.1, 0.15) is 30.0 Å². The standard InChI is InChI=1S/C13H12N2O2/c1-9-7-13(17-15-9)10(2)16-12-5-3-11(8-14)4-6-12/h3-7,10H,1-2H3. The lowest BCUT2D eigenvalue weighted by molar-refractivity contribution is 0.182. The zero-order valence-corrected chi connectivity index (χ0v) is 9.68. The third-order valence-electron chi connectivity index (χ3n) is 2.34. The molecule has 0 radical (unpaired) electrons. The van der Waals surface area contributed by atoms with E-state index in [0.29, 0.717) is 17.1 Å². The zero-order chi connectivity index (χ0) is 12.3.